The minimum absolute atomic E-state index is 0. The number of hydrogen-bond acceptors (Lipinski definition) is 4. The predicted molar refractivity (Wildman–Crippen MR) is 104 cm³/mol. The van der Waals surface area contributed by atoms with Gasteiger partial charge in [-0.2, -0.15) is 11.8 Å². The Balaban J connectivity index is 0.00000441. The molecule has 0 saturated carbocycles. The molecule has 0 aliphatic carbocycles. The van der Waals surface area contributed by atoms with Crippen LogP contribution in [0.5, 0.6) is 0 Å². The molecule has 0 atom stereocenters. The summed E-state index contributed by atoms with van der Waals surface area (Å²) in [7, 11) is 1.73. The summed E-state index contributed by atoms with van der Waals surface area (Å²) in [6, 6.07) is 6.51. The number of nitrogens with zero attached hydrogens (tertiary/aromatic N) is 2. The quantitative estimate of drug-likeness (QED) is 0.163. The molecule has 1 aromatic rings. The molecular formula is C14H23IN4O2S. The van der Waals surface area contributed by atoms with Gasteiger partial charge < -0.3 is 10.6 Å². The van der Waals surface area contributed by atoms with Crippen molar-refractivity contribution in [2.24, 2.45) is 4.99 Å². The average molecular weight is 438 g/mol. The molecule has 0 saturated heterocycles. The zero-order valence-electron chi connectivity index (χ0n) is 12.9. The van der Waals surface area contributed by atoms with Gasteiger partial charge in [0.1, 0.15) is 0 Å². The molecule has 0 unspecified atom stereocenters. The molecule has 6 nitrogen and oxygen atoms in total. The fourth-order valence-electron chi connectivity index (χ4n) is 1.72. The number of halogens is 1. The molecule has 1 rings (SSSR count). The highest BCUT2D eigenvalue weighted by Gasteiger charge is 2.04. The molecule has 0 aliphatic heterocycles. The molecule has 0 spiro atoms. The monoisotopic (exact) mass is 438 g/mol. The van der Waals surface area contributed by atoms with E-state index in [0.717, 1.165) is 24.5 Å². The predicted octanol–water partition coefficient (Wildman–Crippen LogP) is 3.02. The van der Waals surface area contributed by atoms with Crippen LogP contribution in [0.3, 0.4) is 0 Å². The van der Waals surface area contributed by atoms with Crippen molar-refractivity contribution in [3.8, 4) is 0 Å². The van der Waals surface area contributed by atoms with Crippen LogP contribution in [0.2, 0.25) is 0 Å². The fraction of sp³-hybridized carbons (Fsp3) is 0.500. The van der Waals surface area contributed by atoms with Crippen LogP contribution in [0.1, 0.15) is 18.4 Å². The van der Waals surface area contributed by atoms with Crippen molar-refractivity contribution in [2.75, 3.05) is 25.6 Å². The van der Waals surface area contributed by atoms with Crippen molar-refractivity contribution in [3.63, 3.8) is 0 Å². The lowest BCUT2D eigenvalue weighted by Gasteiger charge is -2.11. The highest BCUT2D eigenvalue weighted by molar-refractivity contribution is 14.0. The van der Waals surface area contributed by atoms with E-state index >= 15 is 0 Å². The first-order valence-electron chi connectivity index (χ1n) is 6.84. The summed E-state index contributed by atoms with van der Waals surface area (Å²) >= 11 is 1.86. The Morgan fingerprint density at radius 3 is 2.50 bits per heavy atom. The van der Waals surface area contributed by atoms with Gasteiger partial charge in [0.15, 0.2) is 5.96 Å². The van der Waals surface area contributed by atoms with Crippen LogP contribution in [0.4, 0.5) is 5.69 Å². The molecular weight excluding hydrogens is 415 g/mol. The Hall–Kier alpha value is -1.03. The van der Waals surface area contributed by atoms with Gasteiger partial charge in [-0.15, -0.1) is 24.0 Å². The van der Waals surface area contributed by atoms with Gasteiger partial charge in [-0.3, -0.25) is 15.1 Å². The summed E-state index contributed by atoms with van der Waals surface area (Å²) in [5.74, 6) is 1.92. The van der Waals surface area contributed by atoms with Crippen LogP contribution in [0, 0.1) is 10.1 Å². The third kappa shape index (κ3) is 8.42. The van der Waals surface area contributed by atoms with Gasteiger partial charge in [-0.05, 0) is 30.4 Å². The fourth-order valence-corrected chi connectivity index (χ4v) is 2.21. The van der Waals surface area contributed by atoms with E-state index in [2.05, 4.69) is 21.9 Å². The van der Waals surface area contributed by atoms with E-state index in [4.69, 9.17) is 0 Å². The van der Waals surface area contributed by atoms with Crippen molar-refractivity contribution < 1.29 is 4.92 Å². The lowest BCUT2D eigenvalue weighted by Crippen LogP contribution is -2.37. The van der Waals surface area contributed by atoms with Crippen molar-refractivity contribution in [2.45, 2.75) is 19.4 Å². The number of benzene rings is 1. The summed E-state index contributed by atoms with van der Waals surface area (Å²) in [5.41, 5.74) is 1.08. The summed E-state index contributed by atoms with van der Waals surface area (Å²) in [4.78, 5) is 14.3. The smallest absolute Gasteiger partial charge is 0.269 e. The number of hydrogen-bond donors (Lipinski definition) is 2. The number of unbranched alkanes of at least 4 members (excludes halogenated alkanes) is 1. The Bertz CT molecular complexity index is 468. The first kappa shape index (κ1) is 21.0. The van der Waals surface area contributed by atoms with Gasteiger partial charge in [-0.25, -0.2) is 0 Å². The number of thioether (sulfide) groups is 1. The van der Waals surface area contributed by atoms with E-state index in [-0.39, 0.29) is 29.7 Å². The van der Waals surface area contributed by atoms with E-state index in [9.17, 15) is 10.1 Å². The first-order valence-corrected chi connectivity index (χ1v) is 8.23. The number of aliphatic imine (C=N–C) groups is 1. The maximum Gasteiger partial charge on any atom is 0.269 e. The second kappa shape index (κ2) is 12.5. The lowest BCUT2D eigenvalue weighted by molar-refractivity contribution is -0.384. The van der Waals surface area contributed by atoms with E-state index in [1.165, 1.54) is 24.3 Å². The molecule has 124 valence electrons. The molecule has 0 aromatic heterocycles. The molecule has 0 bridgehead atoms. The average Bonchev–Trinajstić information content (AvgIpc) is 2.50. The molecule has 0 heterocycles. The summed E-state index contributed by atoms with van der Waals surface area (Å²) in [6.07, 6.45) is 4.41. The Labute approximate surface area is 152 Å². The van der Waals surface area contributed by atoms with Gasteiger partial charge in [0.25, 0.3) is 5.69 Å². The minimum Gasteiger partial charge on any atom is -0.356 e. The van der Waals surface area contributed by atoms with E-state index < -0.39 is 4.92 Å². The molecule has 0 radical (unpaired) electrons. The Kier molecular flexibility index (Phi) is 11.9. The zero-order valence-corrected chi connectivity index (χ0v) is 16.0. The van der Waals surface area contributed by atoms with Crippen molar-refractivity contribution >= 4 is 47.4 Å². The normalized spacial score (nSPS) is 10.7. The van der Waals surface area contributed by atoms with Crippen molar-refractivity contribution in [3.05, 3.63) is 39.9 Å². The molecule has 2 N–H and O–H groups in total. The van der Waals surface area contributed by atoms with E-state index in [1.54, 1.807) is 19.2 Å². The second-order valence-electron chi connectivity index (χ2n) is 4.48. The third-order valence-electron chi connectivity index (χ3n) is 2.90. The summed E-state index contributed by atoms with van der Waals surface area (Å²) in [5, 5.41) is 17.0. The minimum atomic E-state index is -0.397. The number of nitro groups is 1. The number of non-ortho nitro benzene ring substituents is 1. The zero-order chi connectivity index (χ0) is 15.5. The van der Waals surface area contributed by atoms with Crippen LogP contribution in [-0.4, -0.2) is 36.5 Å². The number of nitrogens with one attached hydrogen (secondary N) is 2. The molecule has 0 amide bonds. The Morgan fingerprint density at radius 2 is 1.95 bits per heavy atom. The number of guanidine groups is 1. The van der Waals surface area contributed by atoms with Crippen LogP contribution in [0.25, 0.3) is 0 Å². The highest BCUT2D eigenvalue weighted by atomic mass is 127. The summed E-state index contributed by atoms with van der Waals surface area (Å²) in [6.45, 7) is 1.48. The van der Waals surface area contributed by atoms with Crippen molar-refractivity contribution in [1.82, 2.24) is 10.6 Å². The van der Waals surface area contributed by atoms with E-state index in [1.807, 2.05) is 11.8 Å². The summed E-state index contributed by atoms with van der Waals surface area (Å²) < 4.78 is 0. The maximum absolute atomic E-state index is 10.6. The number of nitro benzene ring substituents is 1. The van der Waals surface area contributed by atoms with Crippen LogP contribution >= 0.6 is 35.7 Å². The first-order chi connectivity index (χ1) is 10.2. The largest absolute Gasteiger partial charge is 0.356 e. The maximum atomic E-state index is 10.6. The van der Waals surface area contributed by atoms with Crippen molar-refractivity contribution in [1.29, 1.82) is 0 Å². The molecule has 22 heavy (non-hydrogen) atoms. The highest BCUT2D eigenvalue weighted by Crippen LogP contribution is 2.11. The molecule has 1 aromatic carbocycles. The molecule has 0 aliphatic rings. The van der Waals surface area contributed by atoms with Gasteiger partial charge in [0, 0.05) is 32.3 Å². The van der Waals surface area contributed by atoms with Gasteiger partial charge >= 0.3 is 0 Å². The third-order valence-corrected chi connectivity index (χ3v) is 3.60. The topological polar surface area (TPSA) is 79.6 Å². The lowest BCUT2D eigenvalue weighted by atomic mass is 10.2. The van der Waals surface area contributed by atoms with Gasteiger partial charge in [0.2, 0.25) is 0 Å². The standard InChI is InChI=1S/C14H22N4O2S.HI/c1-15-14(16-9-3-4-10-21-2)17-11-12-5-7-13(8-6-12)18(19)20;/h5-8H,3-4,9-11H2,1-2H3,(H2,15,16,17);1H. The number of rotatable bonds is 8. The molecule has 0 fully saturated rings. The van der Waals surface area contributed by atoms with E-state index in [0.29, 0.717) is 6.54 Å². The van der Waals surface area contributed by atoms with Crippen LogP contribution in [0.15, 0.2) is 29.3 Å². The SMILES string of the molecule is CN=C(NCCCCSC)NCc1ccc([N+](=O)[O-])cc1.I. The second-order valence-corrected chi connectivity index (χ2v) is 5.46. The van der Waals surface area contributed by atoms with Crippen LogP contribution in [-0.2, 0) is 6.54 Å². The Morgan fingerprint density at radius 1 is 1.27 bits per heavy atom. The van der Waals surface area contributed by atoms with Crippen LogP contribution < -0.4 is 10.6 Å². The van der Waals surface area contributed by atoms with Gasteiger partial charge in [0.05, 0.1) is 4.92 Å². The molecule has 8 heteroatoms. The van der Waals surface area contributed by atoms with Gasteiger partial charge in [-0.1, -0.05) is 12.1 Å².